The lowest BCUT2D eigenvalue weighted by atomic mass is 10.2. The fourth-order valence-corrected chi connectivity index (χ4v) is 1.97. The van der Waals surface area contributed by atoms with Gasteiger partial charge in [-0.1, -0.05) is 12.8 Å². The summed E-state index contributed by atoms with van der Waals surface area (Å²) in [7, 11) is 0. The van der Waals surface area contributed by atoms with Gasteiger partial charge in [0, 0.05) is 19.3 Å². The first-order chi connectivity index (χ1) is 7.43. The fourth-order valence-electron chi connectivity index (χ4n) is 1.97. The lowest BCUT2D eigenvalue weighted by Gasteiger charge is -2.11. The molecule has 0 aromatic rings. The summed E-state index contributed by atoms with van der Waals surface area (Å²) in [6.45, 7) is 6.20. The van der Waals surface area contributed by atoms with Crippen LogP contribution in [0.25, 0.3) is 0 Å². The van der Waals surface area contributed by atoms with Crippen LogP contribution in [0.1, 0.15) is 39.0 Å². The van der Waals surface area contributed by atoms with Gasteiger partial charge in [-0.3, -0.25) is 0 Å². The molecule has 0 amide bonds. The number of ether oxygens (including phenoxy) is 2. The van der Waals surface area contributed by atoms with E-state index in [0.29, 0.717) is 0 Å². The van der Waals surface area contributed by atoms with Gasteiger partial charge in [-0.2, -0.15) is 0 Å². The second-order valence-electron chi connectivity index (χ2n) is 4.10. The lowest BCUT2D eigenvalue weighted by Crippen LogP contribution is -2.27. The van der Waals surface area contributed by atoms with E-state index < -0.39 is 0 Å². The summed E-state index contributed by atoms with van der Waals surface area (Å²) in [6.07, 6.45) is 6.66. The normalized spacial score (nSPS) is 17.4. The minimum Gasteiger partial charge on any atom is -0.379 e. The summed E-state index contributed by atoms with van der Waals surface area (Å²) < 4.78 is 10.6. The Hall–Kier alpha value is -0.120. The van der Waals surface area contributed by atoms with Gasteiger partial charge in [0.15, 0.2) is 0 Å². The molecule has 90 valence electrons. The van der Waals surface area contributed by atoms with Gasteiger partial charge in [0.25, 0.3) is 0 Å². The van der Waals surface area contributed by atoms with Crippen LogP contribution >= 0.6 is 0 Å². The lowest BCUT2D eigenvalue weighted by molar-refractivity contribution is 0.0518. The zero-order valence-corrected chi connectivity index (χ0v) is 9.96. The second kappa shape index (κ2) is 9.13. The molecule has 1 rings (SSSR count). The molecule has 1 aliphatic carbocycles. The first-order valence-electron chi connectivity index (χ1n) is 6.32. The maximum atomic E-state index is 5.44. The molecular formula is C12H25NO2. The van der Waals surface area contributed by atoms with Crippen LogP contribution in [0.3, 0.4) is 0 Å². The van der Waals surface area contributed by atoms with Gasteiger partial charge in [0.1, 0.15) is 0 Å². The summed E-state index contributed by atoms with van der Waals surface area (Å²) in [4.78, 5) is 0. The van der Waals surface area contributed by atoms with Crippen LogP contribution in [0.5, 0.6) is 0 Å². The third kappa shape index (κ3) is 6.88. The predicted octanol–water partition coefficient (Wildman–Crippen LogP) is 1.96. The van der Waals surface area contributed by atoms with Crippen LogP contribution in [-0.2, 0) is 9.47 Å². The van der Waals surface area contributed by atoms with Crippen molar-refractivity contribution in [2.24, 2.45) is 0 Å². The Morgan fingerprint density at radius 3 is 2.53 bits per heavy atom. The summed E-state index contributed by atoms with van der Waals surface area (Å²) in [5.74, 6) is 0. The number of hydrogen-bond acceptors (Lipinski definition) is 3. The molecule has 3 nitrogen and oxygen atoms in total. The van der Waals surface area contributed by atoms with E-state index in [0.717, 1.165) is 45.4 Å². The molecule has 1 fully saturated rings. The van der Waals surface area contributed by atoms with E-state index in [9.17, 15) is 0 Å². The monoisotopic (exact) mass is 215 g/mol. The van der Waals surface area contributed by atoms with E-state index in [1.807, 2.05) is 6.92 Å². The van der Waals surface area contributed by atoms with Crippen LogP contribution in [0.4, 0.5) is 0 Å². The molecular weight excluding hydrogens is 190 g/mol. The van der Waals surface area contributed by atoms with Crippen molar-refractivity contribution in [1.82, 2.24) is 5.32 Å². The van der Waals surface area contributed by atoms with E-state index in [2.05, 4.69) is 5.32 Å². The Morgan fingerprint density at radius 1 is 1.07 bits per heavy atom. The highest BCUT2D eigenvalue weighted by molar-refractivity contribution is 4.72. The van der Waals surface area contributed by atoms with Gasteiger partial charge in [-0.25, -0.2) is 0 Å². The Balaban J connectivity index is 1.73. The average molecular weight is 215 g/mol. The Bertz CT molecular complexity index is 136. The highest BCUT2D eigenvalue weighted by Crippen LogP contribution is 2.17. The van der Waals surface area contributed by atoms with Crippen LogP contribution in [-0.4, -0.2) is 39.0 Å². The van der Waals surface area contributed by atoms with Crippen LogP contribution < -0.4 is 5.32 Å². The molecule has 0 heterocycles. The highest BCUT2D eigenvalue weighted by atomic mass is 16.5. The topological polar surface area (TPSA) is 30.5 Å². The minimum atomic E-state index is 0.729. The summed E-state index contributed by atoms with van der Waals surface area (Å²) in [5, 5.41) is 3.57. The minimum absolute atomic E-state index is 0.729. The van der Waals surface area contributed by atoms with Gasteiger partial charge in [0.2, 0.25) is 0 Å². The first kappa shape index (κ1) is 12.9. The predicted molar refractivity (Wildman–Crippen MR) is 62.2 cm³/mol. The second-order valence-corrected chi connectivity index (χ2v) is 4.10. The average Bonchev–Trinajstić information content (AvgIpc) is 2.75. The van der Waals surface area contributed by atoms with E-state index in [1.54, 1.807) is 0 Å². The molecule has 0 atom stereocenters. The van der Waals surface area contributed by atoms with Crippen LogP contribution in [0.2, 0.25) is 0 Å². The zero-order chi connectivity index (χ0) is 10.8. The molecule has 0 unspecified atom stereocenters. The fraction of sp³-hybridized carbons (Fsp3) is 1.00. The highest BCUT2D eigenvalue weighted by Gasteiger charge is 2.12. The Labute approximate surface area is 93.5 Å². The summed E-state index contributed by atoms with van der Waals surface area (Å²) in [6, 6.07) is 0.786. The van der Waals surface area contributed by atoms with E-state index in [-0.39, 0.29) is 0 Å². The Kier molecular flexibility index (Phi) is 7.88. The van der Waals surface area contributed by atoms with Crippen LogP contribution in [0.15, 0.2) is 0 Å². The smallest absolute Gasteiger partial charge is 0.0700 e. The molecule has 0 bridgehead atoms. The quantitative estimate of drug-likeness (QED) is 0.596. The molecule has 15 heavy (non-hydrogen) atoms. The zero-order valence-electron chi connectivity index (χ0n) is 9.96. The largest absolute Gasteiger partial charge is 0.379 e. The molecule has 0 aromatic heterocycles. The van der Waals surface area contributed by atoms with Crippen molar-refractivity contribution in [3.05, 3.63) is 0 Å². The van der Waals surface area contributed by atoms with Crippen LogP contribution in [0, 0.1) is 0 Å². The molecule has 0 saturated heterocycles. The molecule has 1 aliphatic rings. The molecule has 1 saturated carbocycles. The maximum Gasteiger partial charge on any atom is 0.0700 e. The third-order valence-corrected chi connectivity index (χ3v) is 2.83. The van der Waals surface area contributed by atoms with Gasteiger partial charge in [-0.15, -0.1) is 0 Å². The van der Waals surface area contributed by atoms with Gasteiger partial charge < -0.3 is 14.8 Å². The van der Waals surface area contributed by atoms with Crippen molar-refractivity contribution in [3.63, 3.8) is 0 Å². The maximum absolute atomic E-state index is 5.44. The molecule has 1 N–H and O–H groups in total. The molecule has 0 radical (unpaired) electrons. The van der Waals surface area contributed by atoms with Gasteiger partial charge >= 0.3 is 0 Å². The number of rotatable bonds is 9. The SMILES string of the molecule is CCOCCOCCCNC1CCCC1. The summed E-state index contributed by atoms with van der Waals surface area (Å²) >= 11 is 0. The Morgan fingerprint density at radius 2 is 1.80 bits per heavy atom. The van der Waals surface area contributed by atoms with Gasteiger partial charge in [0.05, 0.1) is 13.2 Å². The molecule has 0 aliphatic heterocycles. The van der Waals surface area contributed by atoms with Crippen molar-refractivity contribution in [1.29, 1.82) is 0 Å². The standard InChI is InChI=1S/C12H25NO2/c1-2-14-10-11-15-9-5-8-13-12-6-3-4-7-12/h12-13H,2-11H2,1H3. The van der Waals surface area contributed by atoms with Crippen molar-refractivity contribution in [3.8, 4) is 0 Å². The molecule has 3 heteroatoms. The van der Waals surface area contributed by atoms with Gasteiger partial charge in [-0.05, 0) is 32.7 Å². The number of nitrogens with one attached hydrogen (secondary N) is 1. The third-order valence-electron chi connectivity index (χ3n) is 2.83. The first-order valence-corrected chi connectivity index (χ1v) is 6.32. The van der Waals surface area contributed by atoms with Crippen molar-refractivity contribution >= 4 is 0 Å². The van der Waals surface area contributed by atoms with Crippen molar-refractivity contribution in [2.75, 3.05) is 33.0 Å². The summed E-state index contributed by atoms with van der Waals surface area (Å²) in [5.41, 5.74) is 0. The van der Waals surface area contributed by atoms with E-state index >= 15 is 0 Å². The molecule has 0 spiro atoms. The van der Waals surface area contributed by atoms with E-state index in [1.165, 1.54) is 25.7 Å². The van der Waals surface area contributed by atoms with E-state index in [4.69, 9.17) is 9.47 Å². The molecule has 0 aromatic carbocycles. The number of hydrogen-bond donors (Lipinski definition) is 1. The van der Waals surface area contributed by atoms with Crippen molar-refractivity contribution < 1.29 is 9.47 Å². The van der Waals surface area contributed by atoms with Crippen molar-refractivity contribution in [2.45, 2.75) is 45.1 Å².